The molecule has 0 saturated heterocycles. The Morgan fingerprint density at radius 2 is 1.24 bits per heavy atom. The molecule has 3 heteroatoms. The maximum Gasteiger partial charge on any atom is 0.0425 e. The van der Waals surface area contributed by atoms with Crippen LogP contribution < -0.4 is 0 Å². The fraction of sp³-hybridized carbons (Fsp3) is 0.692. The van der Waals surface area contributed by atoms with Gasteiger partial charge in [-0.1, -0.05) is 118 Å². The van der Waals surface area contributed by atoms with E-state index >= 15 is 0 Å². The van der Waals surface area contributed by atoms with Gasteiger partial charge in [0.25, 0.3) is 0 Å². The summed E-state index contributed by atoms with van der Waals surface area (Å²) in [4.78, 5) is 0. The second-order valence-corrected chi connectivity index (χ2v) is 13.8. The molecule has 0 amide bonds. The van der Waals surface area contributed by atoms with E-state index in [1.54, 1.807) is 0 Å². The molecule has 1 nitrogen and oxygen atoms in total. The maximum absolute atomic E-state index is 5.19. The molecular weight excluding hydrogens is 405 g/mol. The van der Waals surface area contributed by atoms with Crippen molar-refractivity contribution >= 4 is 7.05 Å². The van der Waals surface area contributed by atoms with Gasteiger partial charge in [0.1, 0.15) is 0 Å². The quantitative estimate of drug-likeness (QED) is 0.197. The number of rotatable bonds is 8. The average molecular weight is 454 g/mol. The molecule has 0 saturated carbocycles. The molecule has 0 atom stereocenters. The van der Waals surface area contributed by atoms with Crippen LogP contribution in [-0.4, -0.2) is 18.5 Å². The van der Waals surface area contributed by atoms with Crippen molar-refractivity contribution in [3.63, 3.8) is 0 Å². The van der Waals surface area contributed by atoms with Crippen molar-refractivity contribution in [2.45, 2.75) is 88.0 Å². The van der Waals surface area contributed by atoms with Crippen molar-refractivity contribution < 1.29 is 21.7 Å². The molecule has 0 aromatic rings. The molecule has 1 aliphatic rings. The minimum absolute atomic E-state index is 0. The molecule has 166 valence electrons. The molecule has 0 spiro atoms. The smallest absolute Gasteiger partial charge is 0.0425 e. The summed E-state index contributed by atoms with van der Waals surface area (Å²) in [5, 5.41) is 0. The van der Waals surface area contributed by atoms with E-state index in [2.05, 4.69) is 105 Å². The first-order chi connectivity index (χ1) is 13.0. The molecule has 1 rings (SSSR count). The van der Waals surface area contributed by atoms with Crippen LogP contribution in [0.2, 0.25) is 0 Å². The van der Waals surface area contributed by atoms with Crippen LogP contribution in [0.5, 0.6) is 0 Å². The molecule has 0 unspecified atom stereocenters. The molecule has 1 aliphatic carbocycles. The summed E-state index contributed by atoms with van der Waals surface area (Å²) >= 11 is 0. The van der Waals surface area contributed by atoms with Crippen molar-refractivity contribution in [1.29, 1.82) is 0 Å². The fourth-order valence-electron chi connectivity index (χ4n) is 3.21. The second kappa shape index (κ2) is 15.7. The third-order valence-electron chi connectivity index (χ3n) is 4.32. The Balaban J connectivity index is 0. The largest absolute Gasteiger partial charge is 0.272 e. The first-order valence-corrected chi connectivity index (χ1v) is 13.6. The van der Waals surface area contributed by atoms with E-state index in [9.17, 15) is 0 Å². The zero-order chi connectivity index (χ0) is 21.7. The maximum atomic E-state index is 5.19. The predicted octanol–water partition coefficient (Wildman–Crippen LogP) is 9.45. The minimum Gasteiger partial charge on any atom is -0.272 e. The topological polar surface area (TPSA) is 12.4 Å². The van der Waals surface area contributed by atoms with E-state index in [1.165, 1.54) is 43.4 Å². The zero-order valence-corrected chi connectivity index (χ0v) is 23.3. The van der Waals surface area contributed by atoms with Gasteiger partial charge in [-0.05, 0) is 42.4 Å². The second-order valence-electron chi connectivity index (χ2n) is 10.1. The van der Waals surface area contributed by atoms with Gasteiger partial charge in [0.2, 0.25) is 0 Å². The molecule has 0 aliphatic heterocycles. The van der Waals surface area contributed by atoms with Gasteiger partial charge in [0, 0.05) is 33.8 Å². The van der Waals surface area contributed by atoms with Crippen molar-refractivity contribution in [3.05, 3.63) is 48.2 Å². The Hall–Kier alpha value is -0.0957. The van der Waals surface area contributed by atoms with E-state index < -0.39 is 7.05 Å². The summed E-state index contributed by atoms with van der Waals surface area (Å²) in [5.74, 6) is 0. The average Bonchev–Trinajstić information content (AvgIpc) is 3.04. The monoisotopic (exact) mass is 453 g/mol. The summed E-state index contributed by atoms with van der Waals surface area (Å²) in [7, 11) is -1.03. The van der Waals surface area contributed by atoms with Crippen LogP contribution in [0.15, 0.2) is 53.0 Å². The number of nitrogens with zero attached hydrogens (tertiary/aromatic N) is 1. The van der Waals surface area contributed by atoms with Gasteiger partial charge < -0.3 is 0 Å². The number of hydrogen-bond donors (Lipinski definition) is 0. The van der Waals surface area contributed by atoms with Crippen LogP contribution in [0, 0.1) is 10.8 Å². The first kappa shape index (κ1) is 31.1. The number of allylic oxidation sites excluding steroid dienone is 7. The van der Waals surface area contributed by atoms with Gasteiger partial charge in [-0.25, -0.2) is 0 Å². The van der Waals surface area contributed by atoms with Crippen molar-refractivity contribution in [2.75, 3.05) is 18.5 Å². The van der Waals surface area contributed by atoms with Gasteiger partial charge in [0.05, 0.1) is 0 Å². The molecular formula is C26H48NPTi. The molecule has 0 aromatic heterocycles. The summed E-state index contributed by atoms with van der Waals surface area (Å²) < 4.78 is 5.19. The summed E-state index contributed by atoms with van der Waals surface area (Å²) in [6, 6.07) is 0. The molecule has 0 heterocycles. The molecule has 0 fully saturated rings. The third-order valence-corrected chi connectivity index (χ3v) is 8.84. The standard InChI is InChI=1S/C14H26NP.C12H22.Ti/c1-4-11-16(12-5-2,13-6-3)15-14-9-7-8-10-14;1-11(2,3)9-7-8-10-12(4,5)6;/h7-9H,4-6,10-13H2,1-3H3;7-10H,1-6H3;. The molecule has 0 N–H and O–H groups in total. The number of hydrogen-bond acceptors (Lipinski definition) is 1. The Morgan fingerprint density at radius 3 is 1.52 bits per heavy atom. The van der Waals surface area contributed by atoms with Gasteiger partial charge in [0.15, 0.2) is 0 Å². The molecule has 0 radical (unpaired) electrons. The summed E-state index contributed by atoms with van der Waals surface area (Å²) in [6.07, 6.45) is 24.3. The van der Waals surface area contributed by atoms with Crippen molar-refractivity contribution in [3.8, 4) is 0 Å². The van der Waals surface area contributed by atoms with Crippen molar-refractivity contribution in [2.24, 2.45) is 15.6 Å². The van der Waals surface area contributed by atoms with Gasteiger partial charge in [-0.3, -0.25) is 4.74 Å². The van der Waals surface area contributed by atoms with E-state index in [4.69, 9.17) is 4.74 Å². The van der Waals surface area contributed by atoms with Crippen LogP contribution >= 0.6 is 7.05 Å². The zero-order valence-electron chi connectivity index (χ0n) is 20.9. The van der Waals surface area contributed by atoms with Crippen molar-refractivity contribution in [1.82, 2.24) is 0 Å². The summed E-state index contributed by atoms with van der Waals surface area (Å²) in [6.45, 7) is 20.1. The SMILES string of the molecule is CC(C)(C)C=CC=CC(C)(C)C.CCCP(CCC)(CCC)=NC1=CC=CC1.[Ti]. The fourth-order valence-corrected chi connectivity index (χ4v) is 7.37. The van der Waals surface area contributed by atoms with E-state index in [1.807, 2.05) is 0 Å². The van der Waals surface area contributed by atoms with Crippen LogP contribution in [0.4, 0.5) is 0 Å². The normalized spacial score (nSPS) is 14.6. The van der Waals surface area contributed by atoms with E-state index in [-0.39, 0.29) is 21.7 Å². The summed E-state index contributed by atoms with van der Waals surface area (Å²) in [5.41, 5.74) is 1.92. The third kappa shape index (κ3) is 17.3. The van der Waals surface area contributed by atoms with E-state index in [0.717, 1.165) is 6.42 Å². The van der Waals surface area contributed by atoms with Gasteiger partial charge in [-0.2, -0.15) is 0 Å². The van der Waals surface area contributed by atoms with Crippen LogP contribution in [0.1, 0.15) is 88.0 Å². The Kier molecular flexibility index (Phi) is 16.8. The molecule has 29 heavy (non-hydrogen) atoms. The Morgan fingerprint density at radius 1 is 0.828 bits per heavy atom. The Bertz CT molecular complexity index is 549. The predicted molar refractivity (Wildman–Crippen MR) is 134 cm³/mol. The van der Waals surface area contributed by atoms with Crippen LogP contribution in [-0.2, 0) is 21.7 Å². The van der Waals surface area contributed by atoms with Gasteiger partial charge in [-0.15, -0.1) is 0 Å². The van der Waals surface area contributed by atoms with Crippen LogP contribution in [0.25, 0.3) is 0 Å². The molecule has 0 bridgehead atoms. The first-order valence-electron chi connectivity index (χ1n) is 11.3. The van der Waals surface area contributed by atoms with Crippen LogP contribution in [0.3, 0.4) is 0 Å². The minimum atomic E-state index is -1.03. The van der Waals surface area contributed by atoms with E-state index in [0.29, 0.717) is 10.8 Å². The molecule has 0 aromatic carbocycles. The van der Waals surface area contributed by atoms with Gasteiger partial charge >= 0.3 is 0 Å². The Labute approximate surface area is 198 Å².